The number of hydrogen-bond acceptors (Lipinski definition) is 12. The summed E-state index contributed by atoms with van der Waals surface area (Å²) in [5.41, 5.74) is 5.28. The SMILES string of the molecule is CC(=O)NC(=O)OC/C(=C1\C(=O)N2C1CC(C)(C)[C@@H]2C(=O)OC(c1ccccc1)c1ccccc1)c1ccccn1.CC1(C)CC2/C(=C(/CO)c3ccccn3)C(=O)N2[C@H]1C(=O)OC(c1ccccc1)c1ccccc1. The van der Waals surface area contributed by atoms with E-state index in [4.69, 9.17) is 14.2 Å². The highest BCUT2D eigenvalue weighted by Gasteiger charge is 2.63. The van der Waals surface area contributed by atoms with Crippen molar-refractivity contribution in [1.82, 2.24) is 25.1 Å². The number of pyridine rings is 2. The van der Waals surface area contributed by atoms with Gasteiger partial charge in [0.15, 0.2) is 12.2 Å². The van der Waals surface area contributed by atoms with Crippen LogP contribution in [0.4, 0.5) is 4.79 Å². The molecular weight excluding hydrogens is 963 g/mol. The van der Waals surface area contributed by atoms with Crippen molar-refractivity contribution in [2.45, 2.75) is 83.8 Å². The number of fused-ring (bicyclic) bond motifs is 2. The largest absolute Gasteiger partial charge is 0.451 e. The van der Waals surface area contributed by atoms with Crippen LogP contribution in [0.5, 0.6) is 0 Å². The van der Waals surface area contributed by atoms with Crippen LogP contribution in [0.1, 0.15) is 93.3 Å². The highest BCUT2D eigenvalue weighted by Crippen LogP contribution is 2.53. The lowest BCUT2D eigenvalue weighted by molar-refractivity contribution is -0.162. The van der Waals surface area contributed by atoms with Gasteiger partial charge in [0.25, 0.3) is 11.8 Å². The Morgan fingerprint density at radius 2 is 0.921 bits per heavy atom. The minimum atomic E-state index is -0.920. The summed E-state index contributed by atoms with van der Waals surface area (Å²) in [7, 11) is 0. The summed E-state index contributed by atoms with van der Waals surface area (Å²) >= 11 is 0. The number of carbonyl (C=O) groups excluding carboxylic acids is 6. The van der Waals surface area contributed by atoms with Gasteiger partial charge in [-0.1, -0.05) is 161 Å². The lowest BCUT2D eigenvalue weighted by Crippen LogP contribution is -2.58. The molecule has 0 aliphatic carbocycles. The van der Waals surface area contributed by atoms with Crippen LogP contribution in [0, 0.1) is 10.8 Å². The van der Waals surface area contributed by atoms with E-state index < -0.39 is 65.1 Å². The first-order valence-electron chi connectivity index (χ1n) is 25.2. The molecule has 0 radical (unpaired) electrons. The van der Waals surface area contributed by atoms with Gasteiger partial charge >= 0.3 is 18.0 Å². The molecule has 6 heterocycles. The highest BCUT2D eigenvalue weighted by molar-refractivity contribution is 6.12. The fraction of sp³-hybridized carbons (Fsp3) is 0.279. The number of ether oxygens (including phenoxy) is 3. The molecule has 76 heavy (non-hydrogen) atoms. The number of imide groups is 1. The molecule has 4 atom stereocenters. The molecule has 2 aromatic heterocycles. The van der Waals surface area contributed by atoms with E-state index in [0.29, 0.717) is 46.5 Å². The van der Waals surface area contributed by atoms with E-state index in [9.17, 15) is 33.9 Å². The molecule has 15 nitrogen and oxygen atoms in total. The molecule has 15 heteroatoms. The van der Waals surface area contributed by atoms with Crippen LogP contribution in [0.15, 0.2) is 181 Å². The van der Waals surface area contributed by atoms with Crippen LogP contribution < -0.4 is 5.32 Å². The fourth-order valence-electron chi connectivity index (χ4n) is 11.0. The zero-order chi connectivity index (χ0) is 53.7. The molecule has 4 saturated heterocycles. The normalized spacial score (nSPS) is 20.9. The summed E-state index contributed by atoms with van der Waals surface area (Å²) in [6.07, 6.45) is 2.19. The first-order chi connectivity index (χ1) is 36.6. The molecule has 2 N–H and O–H groups in total. The molecule has 0 bridgehead atoms. The van der Waals surface area contributed by atoms with Crippen molar-refractivity contribution in [3.05, 3.63) is 215 Å². The van der Waals surface area contributed by atoms with Gasteiger partial charge in [0.2, 0.25) is 5.91 Å². The van der Waals surface area contributed by atoms with Crippen molar-refractivity contribution in [3.63, 3.8) is 0 Å². The van der Waals surface area contributed by atoms with Crippen molar-refractivity contribution in [2.75, 3.05) is 13.2 Å². The number of rotatable bonds is 13. The third-order valence-corrected chi connectivity index (χ3v) is 14.4. The van der Waals surface area contributed by atoms with Crippen LogP contribution in [0.25, 0.3) is 11.1 Å². The van der Waals surface area contributed by atoms with Gasteiger partial charge in [-0.25, -0.2) is 14.4 Å². The van der Waals surface area contributed by atoms with Crippen LogP contribution in [0.3, 0.4) is 0 Å². The lowest BCUT2D eigenvalue weighted by Gasteiger charge is -2.42. The van der Waals surface area contributed by atoms with Gasteiger partial charge in [0.05, 0.1) is 30.1 Å². The summed E-state index contributed by atoms with van der Waals surface area (Å²) in [4.78, 5) is 89.8. The zero-order valence-corrected chi connectivity index (χ0v) is 42.9. The molecule has 10 rings (SSSR count). The minimum Gasteiger partial charge on any atom is -0.451 e. The number of esters is 2. The topological polar surface area (TPSA) is 195 Å². The third-order valence-electron chi connectivity index (χ3n) is 14.4. The molecule has 4 amide bonds. The molecule has 4 aliphatic heterocycles. The fourth-order valence-corrected chi connectivity index (χ4v) is 11.0. The maximum atomic E-state index is 13.9. The summed E-state index contributed by atoms with van der Waals surface area (Å²) < 4.78 is 17.6. The lowest BCUT2D eigenvalue weighted by atomic mass is 9.82. The minimum absolute atomic E-state index is 0.242. The predicted octanol–water partition coefficient (Wildman–Crippen LogP) is 8.62. The summed E-state index contributed by atoms with van der Waals surface area (Å²) in [6, 6.07) is 46.7. The Morgan fingerprint density at radius 3 is 1.26 bits per heavy atom. The Morgan fingerprint density at radius 1 is 0.566 bits per heavy atom. The van der Waals surface area contributed by atoms with Crippen molar-refractivity contribution in [3.8, 4) is 0 Å². The van der Waals surface area contributed by atoms with Gasteiger partial charge in [0, 0.05) is 41.6 Å². The average molecular weight is 1020 g/mol. The van der Waals surface area contributed by atoms with Gasteiger partial charge in [0.1, 0.15) is 18.7 Å². The number of β-lactam (4-membered cyclic amide) rings is 2. The summed E-state index contributed by atoms with van der Waals surface area (Å²) in [5.74, 6) is -2.05. The Hall–Kier alpha value is -8.56. The summed E-state index contributed by atoms with van der Waals surface area (Å²) in [5, 5.41) is 12.1. The van der Waals surface area contributed by atoms with Crippen molar-refractivity contribution >= 4 is 46.9 Å². The highest BCUT2D eigenvalue weighted by atomic mass is 16.6. The molecule has 388 valence electrons. The van der Waals surface area contributed by atoms with Crippen molar-refractivity contribution in [1.29, 1.82) is 0 Å². The second kappa shape index (κ2) is 22.1. The zero-order valence-electron chi connectivity index (χ0n) is 42.9. The van der Waals surface area contributed by atoms with Gasteiger partial charge in [-0.2, -0.15) is 0 Å². The number of nitrogens with one attached hydrogen (secondary N) is 1. The number of aliphatic hydroxyl groups is 1. The van der Waals surface area contributed by atoms with E-state index in [1.165, 1.54) is 6.92 Å². The maximum absolute atomic E-state index is 13.9. The number of alkyl carbamates (subject to hydrolysis) is 1. The molecule has 0 spiro atoms. The number of amides is 4. The van der Waals surface area contributed by atoms with Crippen LogP contribution in [-0.4, -0.2) is 98.0 Å². The quantitative estimate of drug-likeness (QED) is 0.0485. The molecular formula is C61H59N5O10. The Balaban J connectivity index is 0.000000188. The summed E-state index contributed by atoms with van der Waals surface area (Å²) in [6.45, 7) is 8.51. The molecule has 6 aromatic rings. The first kappa shape index (κ1) is 52.3. The Kier molecular flexibility index (Phi) is 15.2. The van der Waals surface area contributed by atoms with E-state index in [0.717, 1.165) is 22.3 Å². The molecule has 2 unspecified atom stereocenters. The van der Waals surface area contributed by atoms with E-state index in [1.807, 2.05) is 155 Å². The van der Waals surface area contributed by atoms with E-state index in [1.54, 1.807) is 52.5 Å². The van der Waals surface area contributed by atoms with Crippen LogP contribution in [0.2, 0.25) is 0 Å². The smallest absolute Gasteiger partial charge is 0.414 e. The van der Waals surface area contributed by atoms with E-state index in [-0.39, 0.29) is 31.1 Å². The molecule has 4 fully saturated rings. The van der Waals surface area contributed by atoms with Gasteiger partial charge in [-0.3, -0.25) is 29.7 Å². The predicted molar refractivity (Wildman–Crippen MR) is 282 cm³/mol. The number of benzene rings is 4. The molecule has 0 saturated carbocycles. The van der Waals surface area contributed by atoms with Gasteiger partial charge in [-0.05, 0) is 70.2 Å². The maximum Gasteiger partial charge on any atom is 0.414 e. The second-order valence-corrected chi connectivity index (χ2v) is 20.6. The van der Waals surface area contributed by atoms with Crippen LogP contribution in [-0.2, 0) is 38.2 Å². The second-order valence-electron chi connectivity index (χ2n) is 20.6. The third kappa shape index (κ3) is 10.6. The number of aliphatic hydroxyl groups excluding tert-OH is 1. The number of nitrogens with zero attached hydrogens (tertiary/aromatic N) is 4. The van der Waals surface area contributed by atoms with Gasteiger partial charge < -0.3 is 29.1 Å². The van der Waals surface area contributed by atoms with E-state index >= 15 is 0 Å². The number of carbonyl (C=O) groups is 6. The molecule has 4 aliphatic rings. The van der Waals surface area contributed by atoms with Crippen molar-refractivity contribution in [2.24, 2.45) is 10.8 Å². The van der Waals surface area contributed by atoms with E-state index in [2.05, 4.69) is 15.3 Å². The van der Waals surface area contributed by atoms with Crippen molar-refractivity contribution < 1.29 is 48.1 Å². The van der Waals surface area contributed by atoms with Crippen LogP contribution >= 0.6 is 0 Å². The Bertz CT molecular complexity index is 3090. The monoisotopic (exact) mass is 1020 g/mol. The average Bonchev–Trinajstić information content (AvgIpc) is 4.03. The number of aromatic nitrogens is 2. The first-order valence-corrected chi connectivity index (χ1v) is 25.2. The molecule has 4 aromatic carbocycles. The Labute approximate surface area is 441 Å². The van der Waals surface area contributed by atoms with Gasteiger partial charge in [-0.15, -0.1) is 0 Å². The number of hydrogen-bond donors (Lipinski definition) is 2. The standard InChI is InChI=1S/C32H31N3O6.C29H28N2O4/c1-20(36)34-31(39)40-19-23(24-16-10-11-17-33-24)26-25-18-32(2,3)28(35(25)29(26)37)30(38)41-27(21-12-6-4-7-13-21)22-14-8-5-9-15-22;1-29(2)17-23-24(21(18-32)22-15-9-10-16-30-22)27(33)31(23)26(29)28(34)35-25(19-11-5-3-6-12-19)20-13-7-4-8-14-20/h4-17,25,27-28H,18-19H2,1-3H3,(H,34,36,39);3-16,23,25-26,32H,17-18H2,1-2H3/b26-23+;24-21+/t25?,28-;23?,26-/m00/s1.